The summed E-state index contributed by atoms with van der Waals surface area (Å²) < 4.78 is 29.8. The largest absolute Gasteiger partial charge is 0.203 e. The molecule has 0 amide bonds. The number of alkyl halides is 1. The molecule has 0 aromatic heterocycles. The Bertz CT molecular complexity index is 584. The Labute approximate surface area is 169 Å². The van der Waals surface area contributed by atoms with Gasteiger partial charge >= 0.3 is 0 Å². The number of rotatable bonds is 7. The second kappa shape index (κ2) is 10.2. The van der Waals surface area contributed by atoms with E-state index in [9.17, 15) is 8.78 Å². The van der Waals surface area contributed by atoms with Crippen molar-refractivity contribution in [3.05, 3.63) is 34.9 Å². The first kappa shape index (κ1) is 21.1. The Morgan fingerprint density at radius 2 is 1.26 bits per heavy atom. The molecule has 3 heteroatoms. The topological polar surface area (TPSA) is 0 Å². The summed E-state index contributed by atoms with van der Waals surface area (Å²) in [5.41, 5.74) is 1.22. The van der Waals surface area contributed by atoms with Gasteiger partial charge < -0.3 is 0 Å². The number of hydrogen-bond donors (Lipinski definition) is 0. The second-order valence-corrected chi connectivity index (χ2v) is 9.27. The molecule has 0 radical (unpaired) electrons. The lowest BCUT2D eigenvalue weighted by Crippen LogP contribution is -2.18. The molecule has 152 valence electrons. The smallest absolute Gasteiger partial charge is 0.162 e. The fourth-order valence-corrected chi connectivity index (χ4v) is 5.59. The lowest BCUT2D eigenvalue weighted by Gasteiger charge is -2.30. The van der Waals surface area contributed by atoms with Crippen LogP contribution < -0.4 is 0 Å². The summed E-state index contributed by atoms with van der Waals surface area (Å²) in [7, 11) is 0. The van der Waals surface area contributed by atoms with Crippen LogP contribution in [0.4, 0.5) is 8.78 Å². The fourth-order valence-electron chi connectivity index (χ4n) is 5.28. The zero-order valence-electron chi connectivity index (χ0n) is 16.8. The molecule has 0 heterocycles. The molecule has 3 rings (SSSR count). The highest BCUT2D eigenvalue weighted by molar-refractivity contribution is 6.18. The van der Waals surface area contributed by atoms with Gasteiger partial charge in [-0.05, 0) is 86.2 Å². The Kier molecular flexibility index (Phi) is 7.99. The van der Waals surface area contributed by atoms with Crippen molar-refractivity contribution in [2.24, 2.45) is 11.8 Å². The Hall–Kier alpha value is -0.630. The minimum atomic E-state index is -0.577. The molecule has 0 spiro atoms. The molecule has 27 heavy (non-hydrogen) atoms. The average Bonchev–Trinajstić information content (AvgIpc) is 2.71. The van der Waals surface area contributed by atoms with E-state index in [0.717, 1.165) is 44.4 Å². The maximum atomic E-state index is 14.9. The first-order valence-corrected chi connectivity index (χ1v) is 11.7. The fraction of sp³-hybridized carbons (Fsp3) is 0.750. The van der Waals surface area contributed by atoms with Crippen molar-refractivity contribution in [2.75, 3.05) is 5.88 Å². The van der Waals surface area contributed by atoms with Crippen LogP contribution in [0.1, 0.15) is 107 Å². The van der Waals surface area contributed by atoms with Crippen LogP contribution in [0.25, 0.3) is 0 Å². The third kappa shape index (κ3) is 5.25. The first-order valence-electron chi connectivity index (χ1n) is 11.2. The van der Waals surface area contributed by atoms with Gasteiger partial charge in [0.2, 0.25) is 0 Å². The van der Waals surface area contributed by atoms with Crippen LogP contribution >= 0.6 is 11.6 Å². The van der Waals surface area contributed by atoms with Crippen LogP contribution in [0.15, 0.2) is 12.1 Å². The molecule has 0 nitrogen and oxygen atoms in total. The molecule has 0 bridgehead atoms. The van der Waals surface area contributed by atoms with Crippen LogP contribution in [-0.4, -0.2) is 5.88 Å². The van der Waals surface area contributed by atoms with Crippen molar-refractivity contribution < 1.29 is 8.78 Å². The molecule has 0 aliphatic heterocycles. The second-order valence-electron chi connectivity index (χ2n) is 8.96. The van der Waals surface area contributed by atoms with Crippen LogP contribution in [0.3, 0.4) is 0 Å². The molecule has 0 saturated heterocycles. The number of unbranched alkanes of at least 4 members (excludes halogenated alkanes) is 2. The highest BCUT2D eigenvalue weighted by Gasteiger charge is 2.29. The van der Waals surface area contributed by atoms with E-state index < -0.39 is 11.6 Å². The van der Waals surface area contributed by atoms with Gasteiger partial charge in [0.15, 0.2) is 11.6 Å². The minimum Gasteiger partial charge on any atom is -0.203 e. The van der Waals surface area contributed by atoms with Gasteiger partial charge in [-0.3, -0.25) is 0 Å². The third-order valence-electron chi connectivity index (χ3n) is 7.15. The number of benzene rings is 1. The maximum Gasteiger partial charge on any atom is 0.162 e. The molecule has 0 atom stereocenters. The van der Waals surface area contributed by atoms with Crippen molar-refractivity contribution >= 4 is 11.6 Å². The van der Waals surface area contributed by atoms with E-state index in [1.165, 1.54) is 38.5 Å². The number of hydrogen-bond acceptors (Lipinski definition) is 0. The summed E-state index contributed by atoms with van der Waals surface area (Å²) in [5.74, 6) is 1.22. The van der Waals surface area contributed by atoms with Gasteiger partial charge in [-0.2, -0.15) is 0 Å². The van der Waals surface area contributed by atoms with E-state index in [1.807, 2.05) is 12.1 Å². The quantitative estimate of drug-likeness (QED) is 0.321. The zero-order valence-corrected chi connectivity index (χ0v) is 17.5. The van der Waals surface area contributed by atoms with E-state index in [1.54, 1.807) is 0 Å². The summed E-state index contributed by atoms with van der Waals surface area (Å²) in [4.78, 5) is 0. The van der Waals surface area contributed by atoms with Crippen LogP contribution in [0.2, 0.25) is 0 Å². The van der Waals surface area contributed by atoms with Gasteiger partial charge in [0, 0.05) is 5.88 Å². The molecular formula is C24H35ClF2. The molecule has 2 aliphatic carbocycles. The summed E-state index contributed by atoms with van der Waals surface area (Å²) in [5, 5.41) is 0. The molecule has 0 N–H and O–H groups in total. The van der Waals surface area contributed by atoms with Crippen LogP contribution in [0, 0.1) is 23.5 Å². The molecule has 2 fully saturated rings. The van der Waals surface area contributed by atoms with Crippen LogP contribution in [-0.2, 0) is 0 Å². The maximum absolute atomic E-state index is 14.9. The van der Waals surface area contributed by atoms with Gasteiger partial charge in [-0.25, -0.2) is 8.78 Å². The molecular weight excluding hydrogens is 362 g/mol. The monoisotopic (exact) mass is 396 g/mol. The lowest BCUT2D eigenvalue weighted by atomic mass is 9.75. The Morgan fingerprint density at radius 3 is 1.70 bits per heavy atom. The molecule has 1 aromatic rings. The standard InChI is InChI=1S/C24H35ClF2/c1-2-3-4-5-17-6-10-19(11-7-17)21-14-15-22(24(27)23(21)26)20-12-8-18(16-25)9-13-20/h14-15,17-20H,2-13,16H2,1H3. The first-order chi connectivity index (χ1) is 13.1. The summed E-state index contributed by atoms with van der Waals surface area (Å²) in [6.45, 7) is 2.24. The zero-order chi connectivity index (χ0) is 19.2. The normalized spacial score (nSPS) is 29.0. The van der Waals surface area contributed by atoms with E-state index in [-0.39, 0.29) is 11.8 Å². The number of halogens is 3. The summed E-state index contributed by atoms with van der Waals surface area (Å²) in [6.07, 6.45) is 13.5. The molecule has 0 unspecified atom stereocenters. The highest BCUT2D eigenvalue weighted by Crippen LogP contribution is 2.42. The molecule has 1 aromatic carbocycles. The van der Waals surface area contributed by atoms with Gasteiger partial charge in [0.25, 0.3) is 0 Å². The van der Waals surface area contributed by atoms with Crippen molar-refractivity contribution in [1.82, 2.24) is 0 Å². The van der Waals surface area contributed by atoms with E-state index in [4.69, 9.17) is 11.6 Å². The SMILES string of the molecule is CCCCCC1CCC(c2ccc(C3CCC(CCl)CC3)c(F)c2F)CC1. The third-order valence-corrected chi connectivity index (χ3v) is 7.59. The Morgan fingerprint density at radius 1 is 0.778 bits per heavy atom. The summed E-state index contributed by atoms with van der Waals surface area (Å²) in [6, 6.07) is 3.77. The van der Waals surface area contributed by atoms with Gasteiger partial charge in [-0.15, -0.1) is 11.6 Å². The van der Waals surface area contributed by atoms with Crippen LogP contribution in [0.5, 0.6) is 0 Å². The predicted molar refractivity (Wildman–Crippen MR) is 111 cm³/mol. The van der Waals surface area contributed by atoms with Gasteiger partial charge in [0.1, 0.15) is 0 Å². The van der Waals surface area contributed by atoms with Gasteiger partial charge in [0.05, 0.1) is 0 Å². The predicted octanol–water partition coefficient (Wildman–Crippen LogP) is 8.33. The molecule has 2 saturated carbocycles. The van der Waals surface area contributed by atoms with E-state index in [0.29, 0.717) is 22.9 Å². The minimum absolute atomic E-state index is 0.155. The Balaban J connectivity index is 1.61. The highest BCUT2D eigenvalue weighted by atomic mass is 35.5. The van der Waals surface area contributed by atoms with Crippen molar-refractivity contribution in [1.29, 1.82) is 0 Å². The van der Waals surface area contributed by atoms with Crippen molar-refractivity contribution in [3.8, 4) is 0 Å². The average molecular weight is 397 g/mol. The van der Waals surface area contributed by atoms with Crippen molar-refractivity contribution in [3.63, 3.8) is 0 Å². The van der Waals surface area contributed by atoms with Crippen molar-refractivity contribution in [2.45, 2.75) is 95.8 Å². The van der Waals surface area contributed by atoms with E-state index >= 15 is 0 Å². The van der Waals surface area contributed by atoms with Gasteiger partial charge in [-0.1, -0.05) is 44.7 Å². The van der Waals surface area contributed by atoms with E-state index in [2.05, 4.69) is 6.92 Å². The molecule has 2 aliphatic rings. The lowest BCUT2D eigenvalue weighted by molar-refractivity contribution is 0.297. The summed E-state index contributed by atoms with van der Waals surface area (Å²) >= 11 is 5.95.